The number of thioether (sulfide) groups is 1. The molecular weight excluding hydrogens is 268 g/mol. The van der Waals surface area contributed by atoms with Gasteiger partial charge in [-0.2, -0.15) is 0 Å². The van der Waals surface area contributed by atoms with Crippen molar-refractivity contribution in [2.24, 2.45) is 0 Å². The van der Waals surface area contributed by atoms with Crippen LogP contribution in [0.2, 0.25) is 0 Å². The fraction of sp³-hybridized carbons (Fsp3) is 0.529. The molecule has 1 aromatic carbocycles. The molecule has 110 valence electrons. The van der Waals surface area contributed by atoms with Gasteiger partial charge in [-0.05, 0) is 31.4 Å². The molecule has 0 heterocycles. The fourth-order valence-electron chi connectivity index (χ4n) is 2.89. The topological polar surface area (TPSA) is 40.5 Å². The van der Waals surface area contributed by atoms with Gasteiger partial charge in [-0.15, -0.1) is 11.8 Å². The Hall–Kier alpha value is -0.770. The molecular formula is C17H24O2S. The highest BCUT2D eigenvalue weighted by molar-refractivity contribution is 8.00. The van der Waals surface area contributed by atoms with Crippen molar-refractivity contribution in [1.29, 1.82) is 0 Å². The van der Waals surface area contributed by atoms with Crippen LogP contribution in [0.25, 0.3) is 0 Å². The van der Waals surface area contributed by atoms with Crippen LogP contribution in [0.15, 0.2) is 47.4 Å². The molecule has 0 radical (unpaired) electrons. The minimum Gasteiger partial charge on any atom is -0.392 e. The first-order valence-corrected chi connectivity index (χ1v) is 8.26. The monoisotopic (exact) mass is 292 g/mol. The van der Waals surface area contributed by atoms with E-state index in [1.165, 1.54) is 24.2 Å². The van der Waals surface area contributed by atoms with Crippen LogP contribution in [0.3, 0.4) is 0 Å². The maximum Gasteiger partial charge on any atom is 0.0724 e. The van der Waals surface area contributed by atoms with Crippen LogP contribution in [-0.2, 0) is 0 Å². The largest absolute Gasteiger partial charge is 0.392 e. The first kappa shape index (κ1) is 15.6. The zero-order valence-electron chi connectivity index (χ0n) is 11.9. The van der Waals surface area contributed by atoms with Gasteiger partial charge in [0, 0.05) is 9.64 Å². The number of benzene rings is 1. The van der Waals surface area contributed by atoms with Crippen molar-refractivity contribution in [1.82, 2.24) is 0 Å². The molecule has 2 N–H and O–H groups in total. The minimum absolute atomic E-state index is 0.0472. The Balaban J connectivity index is 2.10. The molecule has 0 spiro atoms. The predicted molar refractivity (Wildman–Crippen MR) is 85.0 cm³/mol. The summed E-state index contributed by atoms with van der Waals surface area (Å²) in [7, 11) is 0. The van der Waals surface area contributed by atoms with Crippen LogP contribution >= 0.6 is 11.8 Å². The van der Waals surface area contributed by atoms with E-state index in [-0.39, 0.29) is 17.5 Å². The zero-order chi connectivity index (χ0) is 14.3. The van der Waals surface area contributed by atoms with E-state index in [2.05, 4.69) is 24.3 Å². The lowest BCUT2D eigenvalue weighted by Crippen LogP contribution is -2.40. The maximum atomic E-state index is 10.7. The van der Waals surface area contributed by atoms with Crippen LogP contribution < -0.4 is 0 Å². The summed E-state index contributed by atoms with van der Waals surface area (Å²) in [6.45, 7) is 0.0472. The lowest BCUT2D eigenvalue weighted by atomic mass is 9.83. The standard InChI is InChI=1S/C17H24O2S/c18-14-8-5-11-16(19)17(12-6-2-7-13-17)20-15-9-3-1-4-10-15/h1,3-5,8-10,16,18-19H,2,6-7,11-14H2/b8-5-. The van der Waals surface area contributed by atoms with Gasteiger partial charge in [-0.1, -0.05) is 49.6 Å². The highest BCUT2D eigenvalue weighted by Gasteiger charge is 2.39. The van der Waals surface area contributed by atoms with Gasteiger partial charge in [-0.25, -0.2) is 0 Å². The fourth-order valence-corrected chi connectivity index (χ4v) is 4.38. The van der Waals surface area contributed by atoms with Crippen LogP contribution in [0.1, 0.15) is 38.5 Å². The molecule has 2 nitrogen and oxygen atoms in total. The molecule has 1 aliphatic carbocycles. The first-order valence-electron chi connectivity index (χ1n) is 7.45. The quantitative estimate of drug-likeness (QED) is 0.784. The van der Waals surface area contributed by atoms with Crippen molar-refractivity contribution in [3.63, 3.8) is 0 Å². The Morgan fingerprint density at radius 1 is 1.10 bits per heavy atom. The van der Waals surface area contributed by atoms with E-state index in [9.17, 15) is 5.11 Å². The number of aliphatic hydroxyl groups excluding tert-OH is 2. The predicted octanol–water partition coefficient (Wildman–Crippen LogP) is 3.78. The molecule has 20 heavy (non-hydrogen) atoms. The molecule has 1 aromatic rings. The molecule has 0 aromatic heterocycles. The lowest BCUT2D eigenvalue weighted by molar-refractivity contribution is 0.109. The van der Waals surface area contributed by atoms with Gasteiger partial charge < -0.3 is 10.2 Å². The second-order valence-electron chi connectivity index (χ2n) is 5.45. The van der Waals surface area contributed by atoms with E-state index in [0.717, 1.165) is 12.8 Å². The summed E-state index contributed by atoms with van der Waals surface area (Å²) in [4.78, 5) is 1.24. The van der Waals surface area contributed by atoms with Gasteiger partial charge in [-0.3, -0.25) is 0 Å². The molecule has 0 amide bonds. The molecule has 0 bridgehead atoms. The summed E-state index contributed by atoms with van der Waals surface area (Å²) < 4.78 is -0.0700. The normalized spacial score (nSPS) is 20.1. The Labute approximate surface area is 125 Å². The Morgan fingerprint density at radius 2 is 1.80 bits per heavy atom. The molecule has 3 heteroatoms. The summed E-state index contributed by atoms with van der Waals surface area (Å²) in [5.74, 6) is 0. The number of hydrogen-bond acceptors (Lipinski definition) is 3. The maximum absolute atomic E-state index is 10.7. The molecule has 1 saturated carbocycles. The van der Waals surface area contributed by atoms with Gasteiger partial charge in [0.2, 0.25) is 0 Å². The van der Waals surface area contributed by atoms with E-state index in [0.29, 0.717) is 6.42 Å². The van der Waals surface area contributed by atoms with Crippen LogP contribution in [0.5, 0.6) is 0 Å². The van der Waals surface area contributed by atoms with Gasteiger partial charge in [0.15, 0.2) is 0 Å². The first-order chi connectivity index (χ1) is 9.77. The summed E-state index contributed by atoms with van der Waals surface area (Å²) in [6.07, 6.45) is 9.69. The molecule has 1 aliphatic rings. The Morgan fingerprint density at radius 3 is 2.45 bits per heavy atom. The highest BCUT2D eigenvalue weighted by Crippen LogP contribution is 2.47. The van der Waals surface area contributed by atoms with Gasteiger partial charge in [0.05, 0.1) is 12.7 Å². The smallest absolute Gasteiger partial charge is 0.0724 e. The van der Waals surface area contributed by atoms with Crippen LogP contribution in [-0.4, -0.2) is 27.7 Å². The van der Waals surface area contributed by atoms with Crippen molar-refractivity contribution in [2.75, 3.05) is 6.61 Å². The average molecular weight is 292 g/mol. The van der Waals surface area contributed by atoms with Crippen LogP contribution in [0.4, 0.5) is 0 Å². The minimum atomic E-state index is -0.351. The molecule has 1 atom stereocenters. The van der Waals surface area contributed by atoms with E-state index < -0.39 is 0 Å². The summed E-state index contributed by atoms with van der Waals surface area (Å²) >= 11 is 1.83. The third kappa shape index (κ3) is 4.11. The molecule has 1 unspecified atom stereocenters. The molecule has 2 rings (SSSR count). The zero-order valence-corrected chi connectivity index (χ0v) is 12.7. The molecule has 0 aliphatic heterocycles. The van der Waals surface area contributed by atoms with Gasteiger partial charge in [0.25, 0.3) is 0 Å². The molecule has 0 saturated heterocycles. The lowest BCUT2D eigenvalue weighted by Gasteiger charge is -2.40. The van der Waals surface area contributed by atoms with Crippen LogP contribution in [0, 0.1) is 0 Å². The van der Waals surface area contributed by atoms with Gasteiger partial charge >= 0.3 is 0 Å². The summed E-state index contributed by atoms with van der Waals surface area (Å²) in [6, 6.07) is 10.4. The highest BCUT2D eigenvalue weighted by atomic mass is 32.2. The van der Waals surface area contributed by atoms with E-state index in [1.54, 1.807) is 6.08 Å². The number of aliphatic hydroxyl groups is 2. The van der Waals surface area contributed by atoms with Crippen molar-refractivity contribution < 1.29 is 10.2 Å². The van der Waals surface area contributed by atoms with E-state index in [4.69, 9.17) is 5.11 Å². The molecule has 1 fully saturated rings. The third-order valence-corrected chi connectivity index (χ3v) is 5.60. The number of rotatable bonds is 6. The van der Waals surface area contributed by atoms with Gasteiger partial charge in [0.1, 0.15) is 0 Å². The van der Waals surface area contributed by atoms with Crippen molar-refractivity contribution >= 4 is 11.8 Å². The number of hydrogen-bond donors (Lipinski definition) is 2. The third-order valence-electron chi connectivity index (χ3n) is 4.00. The Kier molecular flexibility index (Phi) is 6.14. The second kappa shape index (κ2) is 7.87. The summed E-state index contributed by atoms with van der Waals surface area (Å²) in [5.41, 5.74) is 0. The van der Waals surface area contributed by atoms with E-state index in [1.807, 2.05) is 23.9 Å². The van der Waals surface area contributed by atoms with Crippen molar-refractivity contribution in [3.8, 4) is 0 Å². The Bertz CT molecular complexity index is 410. The van der Waals surface area contributed by atoms with Crippen molar-refractivity contribution in [2.45, 2.75) is 54.3 Å². The van der Waals surface area contributed by atoms with Crippen molar-refractivity contribution in [3.05, 3.63) is 42.5 Å². The average Bonchev–Trinajstić information content (AvgIpc) is 2.49. The summed E-state index contributed by atoms with van der Waals surface area (Å²) in [5, 5.41) is 19.5. The van der Waals surface area contributed by atoms with E-state index >= 15 is 0 Å². The second-order valence-corrected chi connectivity index (χ2v) is 6.93. The SMILES string of the molecule is OC/C=C\CC(O)C1(Sc2ccccc2)CCCCC1.